The number of ether oxygens (including phenoxy) is 1. The molecular weight excluding hydrogens is 497 g/mol. The summed E-state index contributed by atoms with van der Waals surface area (Å²) in [5, 5.41) is 15.3. The number of phenols is 1. The van der Waals surface area contributed by atoms with E-state index >= 15 is 0 Å². The lowest BCUT2D eigenvalue weighted by Gasteiger charge is -2.33. The summed E-state index contributed by atoms with van der Waals surface area (Å²) in [4.78, 5) is 18.7. The molecule has 10 heteroatoms. The van der Waals surface area contributed by atoms with E-state index in [4.69, 9.17) is 21.1 Å². The molecule has 0 saturated carbocycles. The Morgan fingerprint density at radius 3 is 2.74 bits per heavy atom. The van der Waals surface area contributed by atoms with Gasteiger partial charge in [0.1, 0.15) is 11.6 Å². The molecule has 2 aliphatic rings. The van der Waals surface area contributed by atoms with Crippen LogP contribution in [0.5, 0.6) is 11.6 Å². The molecule has 2 N–H and O–H groups in total. The number of benzene rings is 2. The van der Waals surface area contributed by atoms with E-state index in [2.05, 4.69) is 26.0 Å². The molecule has 4 aromatic rings. The normalized spacial score (nSPS) is 18.8. The molecule has 0 amide bonds. The zero-order valence-corrected chi connectivity index (χ0v) is 22.2. The first-order chi connectivity index (χ1) is 18.9. The molecular formula is C29H32FN7O2. The van der Waals surface area contributed by atoms with Crippen molar-refractivity contribution >= 4 is 27.9 Å². The third kappa shape index (κ3) is 4.95. The van der Waals surface area contributed by atoms with Gasteiger partial charge in [-0.3, -0.25) is 0 Å². The van der Waals surface area contributed by atoms with E-state index in [-0.39, 0.29) is 17.9 Å². The van der Waals surface area contributed by atoms with E-state index in [0.717, 1.165) is 38.9 Å². The molecule has 0 aliphatic carbocycles. The first-order valence-corrected chi connectivity index (χ1v) is 13.3. The van der Waals surface area contributed by atoms with E-state index in [0.29, 0.717) is 58.0 Å². The monoisotopic (exact) mass is 529 g/mol. The zero-order chi connectivity index (χ0) is 27.1. The molecule has 202 valence electrons. The molecule has 6 rings (SSSR count). The average Bonchev–Trinajstić information content (AvgIpc) is 3.48. The molecule has 2 bridgehead atoms. The lowest BCUT2D eigenvalue weighted by Crippen LogP contribution is -2.51. The van der Waals surface area contributed by atoms with Gasteiger partial charge in [0.15, 0.2) is 11.2 Å². The van der Waals surface area contributed by atoms with Crippen LogP contribution in [0.15, 0.2) is 30.6 Å². The lowest BCUT2D eigenvalue weighted by molar-refractivity contribution is 0.275. The Hall–Kier alpha value is -3.94. The van der Waals surface area contributed by atoms with Gasteiger partial charge >= 0.3 is 0 Å². The van der Waals surface area contributed by atoms with Crippen LogP contribution in [0.1, 0.15) is 30.4 Å². The van der Waals surface area contributed by atoms with Gasteiger partial charge in [-0.1, -0.05) is 12.0 Å². The molecule has 2 aromatic carbocycles. The Kier molecular flexibility index (Phi) is 6.71. The van der Waals surface area contributed by atoms with Crippen molar-refractivity contribution in [2.24, 2.45) is 0 Å². The molecule has 0 spiro atoms. The summed E-state index contributed by atoms with van der Waals surface area (Å²) in [6, 6.07) is 7.00. The van der Waals surface area contributed by atoms with Gasteiger partial charge in [0.25, 0.3) is 0 Å². The molecule has 2 saturated heterocycles. The second-order valence-corrected chi connectivity index (χ2v) is 10.7. The number of imidazole rings is 1. The van der Waals surface area contributed by atoms with Crippen molar-refractivity contribution in [2.45, 2.75) is 37.9 Å². The average molecular weight is 530 g/mol. The van der Waals surface area contributed by atoms with Crippen molar-refractivity contribution in [1.82, 2.24) is 29.7 Å². The number of fused-ring (bicyclic) bond motifs is 4. The first kappa shape index (κ1) is 25.3. The van der Waals surface area contributed by atoms with Gasteiger partial charge in [0.05, 0.1) is 25.0 Å². The first-order valence-electron chi connectivity index (χ1n) is 13.3. The van der Waals surface area contributed by atoms with Gasteiger partial charge in [-0.15, -0.1) is 6.42 Å². The smallest absolute Gasteiger partial charge is 0.247 e. The highest BCUT2D eigenvalue weighted by Gasteiger charge is 2.34. The second kappa shape index (κ2) is 10.3. The maximum absolute atomic E-state index is 14.6. The highest BCUT2D eigenvalue weighted by Crippen LogP contribution is 2.32. The number of hydrogen-bond donors (Lipinski definition) is 2. The van der Waals surface area contributed by atoms with E-state index in [1.54, 1.807) is 24.5 Å². The fourth-order valence-corrected chi connectivity index (χ4v) is 5.74. The highest BCUT2D eigenvalue weighted by molar-refractivity contribution is 5.92. The van der Waals surface area contributed by atoms with Gasteiger partial charge in [-0.05, 0) is 62.5 Å². The van der Waals surface area contributed by atoms with E-state index in [1.165, 1.54) is 6.07 Å². The fourth-order valence-electron chi connectivity index (χ4n) is 5.74. The van der Waals surface area contributed by atoms with Crippen LogP contribution in [0.25, 0.3) is 21.9 Å². The summed E-state index contributed by atoms with van der Waals surface area (Å²) in [7, 11) is 4.06. The molecule has 39 heavy (non-hydrogen) atoms. The van der Waals surface area contributed by atoms with Crippen LogP contribution in [-0.4, -0.2) is 81.9 Å². The largest absolute Gasteiger partial charge is 0.508 e. The van der Waals surface area contributed by atoms with Crippen LogP contribution in [0.2, 0.25) is 0 Å². The van der Waals surface area contributed by atoms with Crippen molar-refractivity contribution in [2.75, 3.05) is 45.2 Å². The molecule has 9 nitrogen and oxygen atoms in total. The fraction of sp³-hybridized carbons (Fsp3) is 0.414. The number of piperazine rings is 1. The third-order valence-corrected chi connectivity index (χ3v) is 7.53. The summed E-state index contributed by atoms with van der Waals surface area (Å²) in [5.41, 5.74) is 2.02. The molecule has 2 fully saturated rings. The molecule has 2 atom stereocenters. The van der Waals surface area contributed by atoms with Gasteiger partial charge in [-0.25, -0.2) is 9.37 Å². The summed E-state index contributed by atoms with van der Waals surface area (Å²) in [5.74, 6) is 3.15. The van der Waals surface area contributed by atoms with Crippen LogP contribution < -0.4 is 15.0 Å². The van der Waals surface area contributed by atoms with Crippen LogP contribution in [0, 0.1) is 18.2 Å². The van der Waals surface area contributed by atoms with Crippen LogP contribution in [0.4, 0.5) is 10.3 Å². The molecule has 0 radical (unpaired) electrons. The SMILES string of the molecule is C#Cc1c(F)ccc2cc(O)cc(Cn3cnc4c(OCCCN(C)C)nc(N5C[C@H]6CC[C@@H](C5)N6)nc43)c12. The van der Waals surface area contributed by atoms with Crippen LogP contribution >= 0.6 is 0 Å². The summed E-state index contributed by atoms with van der Waals surface area (Å²) >= 11 is 0. The van der Waals surface area contributed by atoms with E-state index in [1.807, 2.05) is 18.7 Å². The second-order valence-electron chi connectivity index (χ2n) is 10.7. The predicted octanol–water partition coefficient (Wildman–Crippen LogP) is 3.12. The number of terminal acetylenes is 1. The Bertz CT molecular complexity index is 1570. The number of aromatic nitrogens is 4. The lowest BCUT2D eigenvalue weighted by atomic mass is 9.98. The van der Waals surface area contributed by atoms with Gasteiger partial charge in [0.2, 0.25) is 11.8 Å². The zero-order valence-electron chi connectivity index (χ0n) is 22.2. The Morgan fingerprint density at radius 2 is 2.00 bits per heavy atom. The van der Waals surface area contributed by atoms with Gasteiger partial charge < -0.3 is 29.5 Å². The summed E-state index contributed by atoms with van der Waals surface area (Å²) < 4.78 is 22.7. The Labute approximate surface area is 226 Å². The topological polar surface area (TPSA) is 91.6 Å². The number of anilines is 1. The third-order valence-electron chi connectivity index (χ3n) is 7.53. The van der Waals surface area contributed by atoms with Crippen molar-refractivity contribution in [1.29, 1.82) is 0 Å². The van der Waals surface area contributed by atoms with Crippen LogP contribution in [0.3, 0.4) is 0 Å². The number of phenolic OH excluding ortho intramolecular Hbond substituents is 1. The summed E-state index contributed by atoms with van der Waals surface area (Å²) in [6.07, 6.45) is 10.5. The van der Waals surface area contributed by atoms with Crippen molar-refractivity contribution in [3.63, 3.8) is 0 Å². The maximum Gasteiger partial charge on any atom is 0.247 e. The maximum atomic E-state index is 14.6. The van der Waals surface area contributed by atoms with Crippen molar-refractivity contribution in [3.8, 4) is 24.0 Å². The minimum atomic E-state index is -0.473. The number of hydrogen-bond acceptors (Lipinski definition) is 8. The molecule has 0 unspecified atom stereocenters. The van der Waals surface area contributed by atoms with Gasteiger partial charge in [-0.2, -0.15) is 9.97 Å². The minimum absolute atomic E-state index is 0.0769. The number of halogens is 1. The Morgan fingerprint density at radius 1 is 1.21 bits per heavy atom. The number of aromatic hydroxyl groups is 1. The van der Waals surface area contributed by atoms with E-state index in [9.17, 15) is 9.50 Å². The van der Waals surface area contributed by atoms with Gasteiger partial charge in [0, 0.05) is 37.1 Å². The van der Waals surface area contributed by atoms with Crippen molar-refractivity contribution in [3.05, 3.63) is 47.5 Å². The van der Waals surface area contributed by atoms with Crippen LogP contribution in [-0.2, 0) is 6.54 Å². The highest BCUT2D eigenvalue weighted by atomic mass is 19.1. The predicted molar refractivity (Wildman–Crippen MR) is 149 cm³/mol. The standard InChI is InChI=1S/C29H32FN7O2/c1-4-23-24(30)9-6-18-12-22(38)13-19(25(18)23)14-37-17-31-26-27(37)33-29(34-28(26)39-11-5-10-35(2)3)36-15-20-7-8-21(16-36)32-20/h1,6,9,12-13,17,20-21,32,38H,5,7-8,10-11,14-16H2,2-3H3/t20-,21+. The number of nitrogens with one attached hydrogen (secondary N) is 1. The Balaban J connectivity index is 1.41. The van der Waals surface area contributed by atoms with Crippen molar-refractivity contribution < 1.29 is 14.2 Å². The van der Waals surface area contributed by atoms with E-state index < -0.39 is 5.82 Å². The molecule has 4 heterocycles. The summed E-state index contributed by atoms with van der Waals surface area (Å²) in [6.45, 7) is 3.35. The quantitative estimate of drug-likeness (QED) is 0.266. The number of rotatable bonds is 8. The molecule has 2 aliphatic heterocycles. The number of nitrogens with zero attached hydrogens (tertiary/aromatic N) is 6. The minimum Gasteiger partial charge on any atom is -0.508 e. The molecule has 2 aromatic heterocycles.